The Balaban J connectivity index is 2.83. The Morgan fingerprint density at radius 1 is 1.33 bits per heavy atom. The van der Waals surface area contributed by atoms with Crippen LogP contribution in [0.15, 0.2) is 18.2 Å². The zero-order valence-corrected chi connectivity index (χ0v) is 10.5. The lowest BCUT2D eigenvalue weighted by atomic mass is 10.0. The van der Waals surface area contributed by atoms with E-state index < -0.39 is 29.7 Å². The van der Waals surface area contributed by atoms with Gasteiger partial charge in [-0.05, 0) is 32.4 Å². The molecule has 2 N–H and O–H groups in total. The third kappa shape index (κ3) is 3.06. The number of halogens is 1. The molecule has 1 aromatic carbocycles. The Kier molecular flexibility index (Phi) is 4.42. The predicted octanol–water partition coefficient (Wildman–Crippen LogP) is 1.97. The molecule has 0 aliphatic heterocycles. The van der Waals surface area contributed by atoms with Crippen molar-refractivity contribution in [3.63, 3.8) is 0 Å². The fourth-order valence-corrected chi connectivity index (χ4v) is 1.45. The average Bonchev–Trinajstić information content (AvgIpc) is 2.31. The number of carboxylic acids is 1. The van der Waals surface area contributed by atoms with E-state index in [9.17, 15) is 14.0 Å². The van der Waals surface area contributed by atoms with Crippen LogP contribution >= 0.6 is 0 Å². The Labute approximate surface area is 105 Å². The van der Waals surface area contributed by atoms with Gasteiger partial charge in [0.25, 0.3) is 5.91 Å². The number of carboxylic acid groups (broad SMARTS) is 1. The highest BCUT2D eigenvalue weighted by Gasteiger charge is 2.22. The van der Waals surface area contributed by atoms with Crippen molar-refractivity contribution in [2.24, 2.45) is 5.92 Å². The van der Waals surface area contributed by atoms with Crippen molar-refractivity contribution in [1.29, 1.82) is 0 Å². The molecule has 0 spiro atoms. The second-order valence-corrected chi connectivity index (χ2v) is 4.33. The molecule has 1 rings (SSSR count). The van der Waals surface area contributed by atoms with Gasteiger partial charge in [-0.2, -0.15) is 0 Å². The average molecular weight is 253 g/mol. The van der Waals surface area contributed by atoms with Crippen LogP contribution in [-0.2, 0) is 4.79 Å². The summed E-state index contributed by atoms with van der Waals surface area (Å²) in [5.74, 6) is -2.92. The Morgan fingerprint density at radius 2 is 1.94 bits per heavy atom. The second-order valence-electron chi connectivity index (χ2n) is 4.33. The van der Waals surface area contributed by atoms with Gasteiger partial charge in [-0.1, -0.05) is 12.1 Å². The molecular formula is C13H16FNO3. The molecule has 4 nitrogen and oxygen atoms in total. The van der Waals surface area contributed by atoms with E-state index >= 15 is 0 Å². The zero-order valence-electron chi connectivity index (χ0n) is 10.5. The van der Waals surface area contributed by atoms with Gasteiger partial charge in [0, 0.05) is 6.04 Å². The Morgan fingerprint density at radius 3 is 2.50 bits per heavy atom. The molecule has 2 atom stereocenters. The van der Waals surface area contributed by atoms with Crippen molar-refractivity contribution < 1.29 is 19.1 Å². The summed E-state index contributed by atoms with van der Waals surface area (Å²) in [5.41, 5.74) is 0.307. The van der Waals surface area contributed by atoms with Crippen LogP contribution in [0.4, 0.5) is 4.39 Å². The summed E-state index contributed by atoms with van der Waals surface area (Å²) in [6.07, 6.45) is 0. The number of hydrogen-bond donors (Lipinski definition) is 2. The van der Waals surface area contributed by atoms with Gasteiger partial charge in [-0.3, -0.25) is 9.59 Å². The lowest BCUT2D eigenvalue weighted by Gasteiger charge is -2.18. The first kappa shape index (κ1) is 14.2. The molecule has 1 aromatic rings. The van der Waals surface area contributed by atoms with Crippen molar-refractivity contribution in [3.8, 4) is 0 Å². The number of rotatable bonds is 4. The van der Waals surface area contributed by atoms with Crippen molar-refractivity contribution in [1.82, 2.24) is 5.32 Å². The lowest BCUT2D eigenvalue weighted by molar-refractivity contribution is -0.141. The highest BCUT2D eigenvalue weighted by atomic mass is 19.1. The maximum Gasteiger partial charge on any atom is 0.308 e. The van der Waals surface area contributed by atoms with Crippen molar-refractivity contribution in [3.05, 3.63) is 35.1 Å². The van der Waals surface area contributed by atoms with Gasteiger partial charge >= 0.3 is 5.97 Å². The Hall–Kier alpha value is -1.91. The highest BCUT2D eigenvalue weighted by Crippen LogP contribution is 2.12. The summed E-state index contributed by atoms with van der Waals surface area (Å²) in [7, 11) is 0. The van der Waals surface area contributed by atoms with Crippen LogP contribution in [-0.4, -0.2) is 23.0 Å². The van der Waals surface area contributed by atoms with Crippen LogP contribution in [0.1, 0.15) is 29.8 Å². The molecule has 0 aromatic heterocycles. The molecule has 0 aliphatic rings. The number of carbonyl (C=O) groups excluding carboxylic acids is 1. The first-order valence-corrected chi connectivity index (χ1v) is 5.63. The van der Waals surface area contributed by atoms with E-state index in [1.807, 2.05) is 0 Å². The number of benzene rings is 1. The van der Waals surface area contributed by atoms with E-state index in [1.165, 1.54) is 13.0 Å². The molecule has 0 aliphatic carbocycles. The third-order valence-corrected chi connectivity index (χ3v) is 2.93. The fourth-order valence-electron chi connectivity index (χ4n) is 1.45. The maximum absolute atomic E-state index is 13.7. The summed E-state index contributed by atoms with van der Waals surface area (Å²) in [4.78, 5) is 22.6. The van der Waals surface area contributed by atoms with Crippen LogP contribution in [0, 0.1) is 18.7 Å². The quantitative estimate of drug-likeness (QED) is 0.862. The molecule has 0 radical (unpaired) electrons. The third-order valence-electron chi connectivity index (χ3n) is 2.93. The van der Waals surface area contributed by atoms with E-state index in [2.05, 4.69) is 5.32 Å². The molecule has 0 bridgehead atoms. The minimum atomic E-state index is -1.01. The van der Waals surface area contributed by atoms with E-state index in [0.717, 1.165) is 0 Å². The van der Waals surface area contributed by atoms with Crippen molar-refractivity contribution in [2.45, 2.75) is 26.8 Å². The summed E-state index contributed by atoms with van der Waals surface area (Å²) in [6.45, 7) is 4.62. The summed E-state index contributed by atoms with van der Waals surface area (Å²) in [6, 6.07) is 3.94. The maximum atomic E-state index is 13.7. The minimum absolute atomic E-state index is 0.0700. The van der Waals surface area contributed by atoms with Crippen molar-refractivity contribution in [2.75, 3.05) is 0 Å². The SMILES string of the molecule is Cc1cccc(C(=O)NC(C)C(C)C(=O)O)c1F. The topological polar surface area (TPSA) is 66.4 Å². The number of amides is 1. The number of aryl methyl sites for hydroxylation is 1. The predicted molar refractivity (Wildman–Crippen MR) is 64.9 cm³/mol. The summed E-state index contributed by atoms with van der Waals surface area (Å²) >= 11 is 0. The normalized spacial score (nSPS) is 13.8. The molecule has 2 unspecified atom stereocenters. The number of hydrogen-bond acceptors (Lipinski definition) is 2. The van der Waals surface area contributed by atoms with Crippen LogP contribution in [0.5, 0.6) is 0 Å². The van der Waals surface area contributed by atoms with Crippen LogP contribution < -0.4 is 5.32 Å². The second kappa shape index (κ2) is 5.62. The lowest BCUT2D eigenvalue weighted by Crippen LogP contribution is -2.40. The van der Waals surface area contributed by atoms with Gasteiger partial charge in [0.1, 0.15) is 5.82 Å². The first-order chi connectivity index (χ1) is 8.34. The molecule has 1 amide bonds. The smallest absolute Gasteiger partial charge is 0.308 e. The molecule has 98 valence electrons. The number of carbonyl (C=O) groups is 2. The molecule has 18 heavy (non-hydrogen) atoms. The van der Waals surface area contributed by atoms with Gasteiger partial charge < -0.3 is 10.4 Å². The van der Waals surface area contributed by atoms with E-state index in [4.69, 9.17) is 5.11 Å². The minimum Gasteiger partial charge on any atom is -0.481 e. The summed E-state index contributed by atoms with van der Waals surface area (Å²) in [5, 5.41) is 11.3. The standard InChI is InChI=1S/C13H16FNO3/c1-7-5-4-6-10(11(7)14)12(16)15-9(3)8(2)13(17)18/h4-6,8-9H,1-3H3,(H,15,16)(H,17,18). The number of aliphatic carboxylic acids is 1. The van der Waals surface area contributed by atoms with E-state index in [0.29, 0.717) is 5.56 Å². The summed E-state index contributed by atoms with van der Waals surface area (Å²) < 4.78 is 13.7. The molecule has 0 saturated carbocycles. The van der Waals surface area contributed by atoms with Gasteiger partial charge in [0.2, 0.25) is 0 Å². The van der Waals surface area contributed by atoms with Gasteiger partial charge in [-0.25, -0.2) is 4.39 Å². The largest absolute Gasteiger partial charge is 0.481 e. The zero-order chi connectivity index (χ0) is 13.9. The van der Waals surface area contributed by atoms with Gasteiger partial charge in [0.15, 0.2) is 0 Å². The molecular weight excluding hydrogens is 237 g/mol. The first-order valence-electron chi connectivity index (χ1n) is 5.63. The monoisotopic (exact) mass is 253 g/mol. The van der Waals surface area contributed by atoms with E-state index in [-0.39, 0.29) is 5.56 Å². The molecule has 5 heteroatoms. The number of nitrogens with one attached hydrogen (secondary N) is 1. The Bertz CT molecular complexity index is 473. The van der Waals surface area contributed by atoms with Crippen LogP contribution in [0.3, 0.4) is 0 Å². The van der Waals surface area contributed by atoms with Crippen LogP contribution in [0.25, 0.3) is 0 Å². The molecule has 0 fully saturated rings. The van der Waals surface area contributed by atoms with Gasteiger partial charge in [0.05, 0.1) is 11.5 Å². The van der Waals surface area contributed by atoms with E-state index in [1.54, 1.807) is 26.0 Å². The van der Waals surface area contributed by atoms with Crippen molar-refractivity contribution >= 4 is 11.9 Å². The van der Waals surface area contributed by atoms with Gasteiger partial charge in [-0.15, -0.1) is 0 Å². The highest BCUT2D eigenvalue weighted by molar-refractivity contribution is 5.95. The molecule has 0 heterocycles. The van der Waals surface area contributed by atoms with Crippen LogP contribution in [0.2, 0.25) is 0 Å². The molecule has 0 saturated heterocycles. The fraction of sp³-hybridized carbons (Fsp3) is 0.385.